The highest BCUT2D eigenvalue weighted by molar-refractivity contribution is 7.90. The van der Waals surface area contributed by atoms with E-state index >= 15 is 0 Å². The number of rotatable bonds is 4. The number of sulfone groups is 1. The van der Waals surface area contributed by atoms with Crippen LogP contribution in [-0.4, -0.2) is 36.6 Å². The zero-order chi connectivity index (χ0) is 23.3. The van der Waals surface area contributed by atoms with Crippen LogP contribution in [0.4, 0.5) is 11.5 Å². The maximum atomic E-state index is 13.2. The normalized spacial score (nSPS) is 19.0. The van der Waals surface area contributed by atoms with Gasteiger partial charge in [-0.1, -0.05) is 29.8 Å². The van der Waals surface area contributed by atoms with Gasteiger partial charge in [0, 0.05) is 29.2 Å². The second-order valence-corrected chi connectivity index (χ2v) is 10.9. The minimum Gasteiger partial charge on any atom is -0.312 e. The van der Waals surface area contributed by atoms with E-state index < -0.39 is 15.8 Å². The number of carbonyl (C=O) groups excluding carboxylic acids is 2. The van der Waals surface area contributed by atoms with Crippen molar-refractivity contribution in [3.63, 3.8) is 0 Å². The monoisotopic (exact) mass is 484 g/mol. The lowest BCUT2D eigenvalue weighted by atomic mass is 10.1. The third-order valence-corrected chi connectivity index (χ3v) is 7.57. The number of benzene rings is 2. The first-order valence-electron chi connectivity index (χ1n) is 10.5. The van der Waals surface area contributed by atoms with Crippen LogP contribution in [0.2, 0.25) is 5.02 Å². The Balaban J connectivity index is 1.44. The molecule has 5 rings (SSSR count). The van der Waals surface area contributed by atoms with Gasteiger partial charge in [0.2, 0.25) is 11.8 Å². The molecular weight excluding hydrogens is 464 g/mol. The molecule has 170 valence electrons. The van der Waals surface area contributed by atoms with Crippen LogP contribution < -0.4 is 10.2 Å². The van der Waals surface area contributed by atoms with E-state index in [1.807, 2.05) is 31.2 Å². The molecule has 2 aliphatic rings. The summed E-state index contributed by atoms with van der Waals surface area (Å²) in [5.41, 5.74) is 3.27. The molecule has 1 saturated heterocycles. The second kappa shape index (κ2) is 8.00. The van der Waals surface area contributed by atoms with Gasteiger partial charge in [0.1, 0.15) is 5.82 Å². The fourth-order valence-corrected chi connectivity index (χ4v) is 5.99. The average Bonchev–Trinajstić information content (AvgIpc) is 3.38. The number of nitrogens with zero attached hydrogens (tertiary/aromatic N) is 3. The predicted octanol–water partition coefficient (Wildman–Crippen LogP) is 3.25. The van der Waals surface area contributed by atoms with Crippen LogP contribution in [0.15, 0.2) is 48.5 Å². The van der Waals surface area contributed by atoms with Crippen LogP contribution in [0.1, 0.15) is 23.2 Å². The molecule has 1 fully saturated rings. The highest BCUT2D eigenvalue weighted by Gasteiger charge is 2.38. The average molecular weight is 485 g/mol. The minimum absolute atomic E-state index is 0.0750. The van der Waals surface area contributed by atoms with Crippen molar-refractivity contribution in [1.82, 2.24) is 9.78 Å². The third-order valence-electron chi connectivity index (χ3n) is 5.89. The fraction of sp³-hybridized carbons (Fsp3) is 0.261. The largest absolute Gasteiger partial charge is 0.312 e. The number of hydrogen-bond donors (Lipinski definition) is 1. The summed E-state index contributed by atoms with van der Waals surface area (Å²) < 4.78 is 25.9. The van der Waals surface area contributed by atoms with Gasteiger partial charge in [-0.05, 0) is 42.8 Å². The molecule has 10 heteroatoms. The molecule has 1 N–H and O–H groups in total. The number of hydrogen-bond acceptors (Lipinski definition) is 5. The lowest BCUT2D eigenvalue weighted by molar-refractivity contribution is -0.122. The Hall–Kier alpha value is -3.17. The number of amides is 2. The first kappa shape index (κ1) is 21.7. The maximum absolute atomic E-state index is 13.2. The van der Waals surface area contributed by atoms with Crippen LogP contribution in [0, 0.1) is 12.8 Å². The Morgan fingerprint density at radius 1 is 1.12 bits per heavy atom. The topological polar surface area (TPSA) is 101 Å². The van der Waals surface area contributed by atoms with E-state index in [1.165, 1.54) is 4.68 Å². The fourth-order valence-electron chi connectivity index (χ4n) is 4.31. The summed E-state index contributed by atoms with van der Waals surface area (Å²) in [4.78, 5) is 27.5. The number of aryl methyl sites for hydroxylation is 1. The van der Waals surface area contributed by atoms with Crippen molar-refractivity contribution in [2.45, 2.75) is 24.9 Å². The van der Waals surface area contributed by atoms with E-state index in [1.54, 1.807) is 29.2 Å². The summed E-state index contributed by atoms with van der Waals surface area (Å²) in [6, 6.07) is 14.5. The van der Waals surface area contributed by atoms with E-state index in [0.29, 0.717) is 27.8 Å². The van der Waals surface area contributed by atoms with E-state index in [9.17, 15) is 18.0 Å². The van der Waals surface area contributed by atoms with Gasteiger partial charge in [0.05, 0.1) is 28.8 Å². The van der Waals surface area contributed by atoms with Crippen LogP contribution in [-0.2, 0) is 30.9 Å². The first-order valence-corrected chi connectivity index (χ1v) is 12.7. The van der Waals surface area contributed by atoms with Crippen molar-refractivity contribution < 1.29 is 18.0 Å². The third kappa shape index (κ3) is 4.14. The van der Waals surface area contributed by atoms with Gasteiger partial charge in [-0.2, -0.15) is 5.10 Å². The van der Waals surface area contributed by atoms with Gasteiger partial charge in [0.25, 0.3) is 0 Å². The Kier molecular flexibility index (Phi) is 5.25. The molecule has 0 aliphatic carbocycles. The van der Waals surface area contributed by atoms with Crippen molar-refractivity contribution in [3.05, 3.63) is 70.4 Å². The smallest absolute Gasteiger partial charge is 0.230 e. The number of carbonyl (C=O) groups is 2. The van der Waals surface area contributed by atoms with Gasteiger partial charge in [0.15, 0.2) is 9.84 Å². The van der Waals surface area contributed by atoms with Gasteiger partial charge in [-0.15, -0.1) is 0 Å². The number of fused-ring (bicyclic) bond motifs is 1. The zero-order valence-electron chi connectivity index (χ0n) is 17.8. The standard InChI is InChI=1S/C23H21ClN4O4S/c1-14-4-2-6-17(8-14)27-11-15(9-21(27)29)23(30)25-22-19-12-33(31,32)13-20(19)26-28(22)18-7-3-5-16(24)10-18/h2-8,10,15H,9,11-13H2,1H3,(H,25,30). The molecule has 0 spiro atoms. The molecule has 33 heavy (non-hydrogen) atoms. The highest BCUT2D eigenvalue weighted by atomic mass is 35.5. The molecule has 1 unspecified atom stereocenters. The van der Waals surface area contributed by atoms with E-state index in [0.717, 1.165) is 11.3 Å². The molecule has 1 atom stereocenters. The van der Waals surface area contributed by atoms with Crippen molar-refractivity contribution >= 4 is 44.8 Å². The number of nitrogens with one attached hydrogen (secondary N) is 1. The summed E-state index contributed by atoms with van der Waals surface area (Å²) in [5, 5.41) is 7.81. The Bertz CT molecular complexity index is 1400. The maximum Gasteiger partial charge on any atom is 0.230 e. The molecule has 2 aliphatic heterocycles. The molecule has 0 radical (unpaired) electrons. The molecule has 3 aromatic rings. The lowest BCUT2D eigenvalue weighted by Gasteiger charge is -2.17. The summed E-state index contributed by atoms with van der Waals surface area (Å²) in [6.07, 6.45) is 0.0750. The summed E-state index contributed by atoms with van der Waals surface area (Å²) >= 11 is 6.13. The zero-order valence-corrected chi connectivity index (χ0v) is 19.4. The van der Waals surface area contributed by atoms with Crippen LogP contribution in [0.5, 0.6) is 0 Å². The van der Waals surface area contributed by atoms with E-state index in [2.05, 4.69) is 10.4 Å². The Labute approximate surface area is 196 Å². The minimum atomic E-state index is -3.32. The van der Waals surface area contributed by atoms with Crippen LogP contribution in [0.3, 0.4) is 0 Å². The van der Waals surface area contributed by atoms with Crippen molar-refractivity contribution in [1.29, 1.82) is 0 Å². The van der Waals surface area contributed by atoms with Crippen LogP contribution in [0.25, 0.3) is 5.69 Å². The second-order valence-electron chi connectivity index (χ2n) is 8.43. The first-order chi connectivity index (χ1) is 15.7. The van der Waals surface area contributed by atoms with Gasteiger partial charge in [-0.3, -0.25) is 9.59 Å². The van der Waals surface area contributed by atoms with Crippen LogP contribution >= 0.6 is 11.6 Å². The number of anilines is 2. The quantitative estimate of drug-likeness (QED) is 0.612. The molecular formula is C23H21ClN4O4S. The number of halogens is 1. The Morgan fingerprint density at radius 2 is 1.88 bits per heavy atom. The summed E-state index contributed by atoms with van der Waals surface area (Å²) in [5.74, 6) is -1.13. The van der Waals surface area contributed by atoms with E-state index in [4.69, 9.17) is 11.6 Å². The molecule has 2 aromatic carbocycles. The SMILES string of the molecule is Cc1cccc(N2CC(C(=O)Nc3c4c(nn3-c3cccc(Cl)c3)CS(=O)(=O)C4)CC2=O)c1. The molecule has 0 bridgehead atoms. The van der Waals surface area contributed by atoms with E-state index in [-0.39, 0.29) is 36.3 Å². The van der Waals surface area contributed by atoms with Crippen molar-refractivity contribution in [3.8, 4) is 5.69 Å². The lowest BCUT2D eigenvalue weighted by Crippen LogP contribution is -2.29. The summed E-state index contributed by atoms with van der Waals surface area (Å²) in [6.45, 7) is 2.19. The Morgan fingerprint density at radius 3 is 2.64 bits per heavy atom. The molecule has 2 amide bonds. The van der Waals surface area contributed by atoms with Gasteiger partial charge >= 0.3 is 0 Å². The van der Waals surface area contributed by atoms with Crippen molar-refractivity contribution in [2.75, 3.05) is 16.8 Å². The molecule has 3 heterocycles. The van der Waals surface area contributed by atoms with Gasteiger partial charge in [-0.25, -0.2) is 13.1 Å². The predicted molar refractivity (Wildman–Crippen MR) is 125 cm³/mol. The molecule has 1 aromatic heterocycles. The molecule has 8 nitrogen and oxygen atoms in total. The number of aromatic nitrogens is 2. The molecule has 0 saturated carbocycles. The van der Waals surface area contributed by atoms with Crippen molar-refractivity contribution in [2.24, 2.45) is 5.92 Å². The highest BCUT2D eigenvalue weighted by Crippen LogP contribution is 2.34. The summed E-state index contributed by atoms with van der Waals surface area (Å²) in [7, 11) is -3.32. The van der Waals surface area contributed by atoms with Gasteiger partial charge < -0.3 is 10.2 Å².